The number of hydrogen-bond donors (Lipinski definition) is 0. The Balaban J connectivity index is 1.89. The van der Waals surface area contributed by atoms with Gasteiger partial charge >= 0.3 is 0 Å². The van der Waals surface area contributed by atoms with Gasteiger partial charge in [-0.25, -0.2) is 0 Å². The van der Waals surface area contributed by atoms with Crippen molar-refractivity contribution in [2.24, 2.45) is 5.41 Å². The first-order chi connectivity index (χ1) is 8.61. The van der Waals surface area contributed by atoms with E-state index < -0.39 is 0 Å². The summed E-state index contributed by atoms with van der Waals surface area (Å²) in [6.07, 6.45) is 4.45. The first-order valence-electron chi connectivity index (χ1n) is 6.75. The van der Waals surface area contributed by atoms with Gasteiger partial charge in [-0.05, 0) is 45.1 Å². The smallest absolute Gasteiger partial charge is 0.0899 e. The van der Waals surface area contributed by atoms with Crippen LogP contribution in [0.4, 0.5) is 0 Å². The standard InChI is InChI=1S/C16H19NO/c1-11-5-12(2)7-13(6-11)8-16(10-17)9-14-3-4-15(16)18-14/h5-7,14-15H,3-4,8-9H2,1-2H3. The molecule has 2 heteroatoms. The van der Waals surface area contributed by atoms with Crippen molar-refractivity contribution in [2.75, 3.05) is 0 Å². The highest BCUT2D eigenvalue weighted by Crippen LogP contribution is 2.49. The molecule has 3 rings (SSSR count). The maximum absolute atomic E-state index is 9.61. The minimum absolute atomic E-state index is 0.160. The summed E-state index contributed by atoms with van der Waals surface area (Å²) in [6, 6.07) is 9.16. The van der Waals surface area contributed by atoms with Crippen molar-refractivity contribution < 1.29 is 4.74 Å². The van der Waals surface area contributed by atoms with Crippen molar-refractivity contribution in [1.82, 2.24) is 0 Å². The Bertz CT molecular complexity index is 496. The highest BCUT2D eigenvalue weighted by molar-refractivity contribution is 5.31. The molecule has 2 saturated heterocycles. The second kappa shape index (κ2) is 4.10. The second-order valence-corrected chi connectivity index (χ2v) is 5.97. The van der Waals surface area contributed by atoms with Gasteiger partial charge in [-0.2, -0.15) is 5.26 Å². The molecule has 0 amide bonds. The van der Waals surface area contributed by atoms with Crippen LogP contribution in [0.25, 0.3) is 0 Å². The number of nitriles is 1. The Labute approximate surface area is 109 Å². The number of fused-ring (bicyclic) bond motifs is 2. The van der Waals surface area contributed by atoms with Gasteiger partial charge in [-0.15, -0.1) is 0 Å². The zero-order valence-corrected chi connectivity index (χ0v) is 11.1. The van der Waals surface area contributed by atoms with Crippen LogP contribution in [0, 0.1) is 30.6 Å². The molecule has 0 aromatic heterocycles. The van der Waals surface area contributed by atoms with E-state index in [9.17, 15) is 5.26 Å². The molecule has 2 aliphatic rings. The van der Waals surface area contributed by atoms with E-state index in [-0.39, 0.29) is 11.5 Å². The molecule has 0 radical (unpaired) electrons. The summed E-state index contributed by atoms with van der Waals surface area (Å²) in [5.74, 6) is 0. The molecule has 0 spiro atoms. The lowest BCUT2D eigenvalue weighted by atomic mass is 9.71. The molecule has 1 aromatic carbocycles. The molecule has 2 aliphatic heterocycles. The molecule has 1 aromatic rings. The van der Waals surface area contributed by atoms with E-state index in [1.54, 1.807) is 0 Å². The van der Waals surface area contributed by atoms with E-state index in [1.807, 2.05) is 0 Å². The lowest BCUT2D eigenvalue weighted by Crippen LogP contribution is -2.33. The van der Waals surface area contributed by atoms with Crippen molar-refractivity contribution in [2.45, 2.75) is 51.7 Å². The minimum Gasteiger partial charge on any atom is -0.373 e. The molecule has 3 unspecified atom stereocenters. The van der Waals surface area contributed by atoms with Gasteiger partial charge in [0.25, 0.3) is 0 Å². The normalized spacial score (nSPS) is 33.6. The number of ether oxygens (including phenoxy) is 1. The van der Waals surface area contributed by atoms with Crippen molar-refractivity contribution in [3.63, 3.8) is 0 Å². The van der Waals surface area contributed by atoms with Crippen LogP contribution in [0.15, 0.2) is 18.2 Å². The number of benzene rings is 1. The molecule has 0 aliphatic carbocycles. The molecular weight excluding hydrogens is 222 g/mol. The summed E-state index contributed by atoms with van der Waals surface area (Å²) in [5.41, 5.74) is 3.57. The van der Waals surface area contributed by atoms with Gasteiger partial charge < -0.3 is 4.74 Å². The van der Waals surface area contributed by atoms with Gasteiger partial charge in [0.15, 0.2) is 0 Å². The Hall–Kier alpha value is -1.33. The van der Waals surface area contributed by atoms with Crippen molar-refractivity contribution in [1.29, 1.82) is 5.26 Å². The fourth-order valence-electron chi connectivity index (χ4n) is 3.68. The summed E-state index contributed by atoms with van der Waals surface area (Å²) in [5, 5.41) is 9.61. The van der Waals surface area contributed by atoms with Crippen LogP contribution in [0.5, 0.6) is 0 Å². The molecule has 2 bridgehead atoms. The van der Waals surface area contributed by atoms with E-state index >= 15 is 0 Å². The van der Waals surface area contributed by atoms with E-state index in [1.165, 1.54) is 16.7 Å². The average molecular weight is 241 g/mol. The first-order valence-corrected chi connectivity index (χ1v) is 6.75. The summed E-state index contributed by atoms with van der Waals surface area (Å²) >= 11 is 0. The third kappa shape index (κ3) is 1.83. The summed E-state index contributed by atoms with van der Waals surface area (Å²) in [4.78, 5) is 0. The predicted molar refractivity (Wildman–Crippen MR) is 70.2 cm³/mol. The third-order valence-electron chi connectivity index (χ3n) is 4.34. The summed E-state index contributed by atoms with van der Waals surface area (Å²) in [7, 11) is 0. The minimum atomic E-state index is -0.275. The monoisotopic (exact) mass is 241 g/mol. The maximum Gasteiger partial charge on any atom is 0.0899 e. The Morgan fingerprint density at radius 1 is 1.28 bits per heavy atom. The van der Waals surface area contributed by atoms with Gasteiger partial charge in [-0.1, -0.05) is 29.3 Å². The Kier molecular flexibility index (Phi) is 2.68. The fraction of sp³-hybridized carbons (Fsp3) is 0.562. The Morgan fingerprint density at radius 2 is 2.00 bits per heavy atom. The third-order valence-corrected chi connectivity index (χ3v) is 4.34. The fourth-order valence-corrected chi connectivity index (χ4v) is 3.68. The number of rotatable bonds is 2. The van der Waals surface area contributed by atoms with Gasteiger partial charge in [-0.3, -0.25) is 0 Å². The lowest BCUT2D eigenvalue weighted by Gasteiger charge is -2.28. The van der Waals surface area contributed by atoms with Gasteiger partial charge in [0.1, 0.15) is 0 Å². The molecule has 94 valence electrons. The Morgan fingerprint density at radius 3 is 2.50 bits per heavy atom. The number of hydrogen-bond acceptors (Lipinski definition) is 2. The summed E-state index contributed by atoms with van der Waals surface area (Å²) < 4.78 is 5.89. The van der Waals surface area contributed by atoms with Crippen molar-refractivity contribution >= 4 is 0 Å². The lowest BCUT2D eigenvalue weighted by molar-refractivity contribution is 0.0787. The predicted octanol–water partition coefficient (Wildman–Crippen LogP) is 3.31. The van der Waals surface area contributed by atoms with Crippen LogP contribution in [0.3, 0.4) is 0 Å². The van der Waals surface area contributed by atoms with Crippen LogP contribution in [-0.2, 0) is 11.2 Å². The molecule has 2 heterocycles. The number of aryl methyl sites for hydroxylation is 2. The zero-order valence-electron chi connectivity index (χ0n) is 11.1. The molecule has 2 nitrogen and oxygen atoms in total. The highest BCUT2D eigenvalue weighted by atomic mass is 16.5. The molecule has 2 fully saturated rings. The van der Waals surface area contributed by atoms with Gasteiger partial charge in [0.05, 0.1) is 23.7 Å². The molecule has 3 atom stereocenters. The van der Waals surface area contributed by atoms with E-state index in [4.69, 9.17) is 4.74 Å². The molecule has 0 N–H and O–H groups in total. The van der Waals surface area contributed by atoms with Crippen LogP contribution >= 0.6 is 0 Å². The zero-order chi connectivity index (χ0) is 12.8. The molecule has 0 saturated carbocycles. The van der Waals surface area contributed by atoms with Gasteiger partial charge in [0.2, 0.25) is 0 Å². The van der Waals surface area contributed by atoms with Crippen LogP contribution in [0.2, 0.25) is 0 Å². The summed E-state index contributed by atoms with van der Waals surface area (Å²) in [6.45, 7) is 4.24. The van der Waals surface area contributed by atoms with Crippen LogP contribution in [-0.4, -0.2) is 12.2 Å². The van der Waals surface area contributed by atoms with Crippen LogP contribution < -0.4 is 0 Å². The van der Waals surface area contributed by atoms with E-state index in [0.29, 0.717) is 6.10 Å². The molecular formula is C16H19NO. The van der Waals surface area contributed by atoms with Crippen molar-refractivity contribution in [3.05, 3.63) is 34.9 Å². The molecule has 18 heavy (non-hydrogen) atoms. The number of nitrogens with zero attached hydrogens (tertiary/aromatic N) is 1. The second-order valence-electron chi connectivity index (χ2n) is 5.97. The van der Waals surface area contributed by atoms with E-state index in [0.717, 1.165) is 25.7 Å². The largest absolute Gasteiger partial charge is 0.373 e. The average Bonchev–Trinajstić information content (AvgIpc) is 2.88. The van der Waals surface area contributed by atoms with Crippen molar-refractivity contribution in [3.8, 4) is 6.07 Å². The van der Waals surface area contributed by atoms with E-state index in [2.05, 4.69) is 38.1 Å². The van der Waals surface area contributed by atoms with Gasteiger partial charge in [0, 0.05) is 0 Å². The highest BCUT2D eigenvalue weighted by Gasteiger charge is 2.52. The van der Waals surface area contributed by atoms with Crippen LogP contribution in [0.1, 0.15) is 36.0 Å². The topological polar surface area (TPSA) is 33.0 Å². The first kappa shape index (κ1) is 11.7. The maximum atomic E-state index is 9.61. The quantitative estimate of drug-likeness (QED) is 0.795. The SMILES string of the molecule is Cc1cc(C)cc(CC2(C#N)CC3CCC2O3)c1.